The minimum Gasteiger partial charge on any atom is -0.345 e. The average molecular weight is 499 g/mol. The van der Waals surface area contributed by atoms with Crippen molar-refractivity contribution in [3.63, 3.8) is 0 Å². The van der Waals surface area contributed by atoms with Crippen LogP contribution in [0.1, 0.15) is 82.9 Å². The highest BCUT2D eigenvalue weighted by atomic mass is 19.1. The Morgan fingerprint density at radius 2 is 1.75 bits per heavy atom. The van der Waals surface area contributed by atoms with Gasteiger partial charge in [0.1, 0.15) is 12.4 Å². The zero-order valence-electron chi connectivity index (χ0n) is 22.1. The number of carbonyl (C=O) groups is 2. The molecule has 1 aliphatic rings. The molecule has 36 heavy (non-hydrogen) atoms. The fourth-order valence-electron chi connectivity index (χ4n) is 4.86. The van der Waals surface area contributed by atoms with Crippen molar-refractivity contribution in [3.05, 3.63) is 59.7 Å². The van der Waals surface area contributed by atoms with Gasteiger partial charge in [-0.2, -0.15) is 0 Å². The molecular weight excluding hydrogens is 455 g/mol. The predicted molar refractivity (Wildman–Crippen MR) is 142 cm³/mol. The summed E-state index contributed by atoms with van der Waals surface area (Å²) < 4.78 is 15.5. The first-order valence-electron chi connectivity index (χ1n) is 13.7. The molecule has 0 radical (unpaired) electrons. The third-order valence-corrected chi connectivity index (χ3v) is 7.06. The van der Waals surface area contributed by atoms with Gasteiger partial charge in [0.15, 0.2) is 0 Å². The molecule has 0 spiro atoms. The highest BCUT2D eigenvalue weighted by Gasteiger charge is 2.28. The summed E-state index contributed by atoms with van der Waals surface area (Å²) in [5.41, 5.74) is 2.06. The smallest absolute Gasteiger partial charge is 0.317 e. The molecule has 0 atom stereocenters. The molecule has 6 nitrogen and oxygen atoms in total. The fraction of sp³-hybridized carbons (Fsp3) is 0.586. The van der Waals surface area contributed by atoms with Gasteiger partial charge in [0.2, 0.25) is 5.91 Å². The summed E-state index contributed by atoms with van der Waals surface area (Å²) in [4.78, 5) is 30.3. The number of halogens is 1. The third-order valence-electron chi connectivity index (χ3n) is 7.06. The molecule has 1 saturated carbocycles. The molecule has 1 N–H and O–H groups in total. The average Bonchev–Trinajstić information content (AvgIpc) is 3.33. The van der Waals surface area contributed by atoms with Crippen LogP contribution in [-0.2, 0) is 17.9 Å². The third kappa shape index (κ3) is 8.38. The van der Waals surface area contributed by atoms with E-state index in [9.17, 15) is 14.0 Å². The van der Waals surface area contributed by atoms with Gasteiger partial charge in [0, 0.05) is 37.6 Å². The van der Waals surface area contributed by atoms with Crippen molar-refractivity contribution in [2.24, 2.45) is 0 Å². The van der Waals surface area contributed by atoms with Gasteiger partial charge in [0.25, 0.3) is 0 Å². The van der Waals surface area contributed by atoms with Crippen LogP contribution in [0.3, 0.4) is 0 Å². The number of amides is 3. The Hall–Kier alpha value is -2.83. The maximum absolute atomic E-state index is 13.7. The molecule has 0 aliphatic heterocycles. The summed E-state index contributed by atoms with van der Waals surface area (Å²) in [5, 5.41) is 2.99. The summed E-state index contributed by atoms with van der Waals surface area (Å²) in [6.45, 7) is 6.65. The van der Waals surface area contributed by atoms with E-state index in [0.717, 1.165) is 62.6 Å². The number of benzene rings is 1. The zero-order chi connectivity index (χ0) is 25.8. The molecule has 0 unspecified atom stereocenters. The second-order valence-corrected chi connectivity index (χ2v) is 9.93. The number of urea groups is 1. The highest BCUT2D eigenvalue weighted by molar-refractivity contribution is 5.84. The SMILES string of the molecule is CCCCNC(=O)N(CCCC)CC(=O)N(Cc1cccn1Cc1ccc(F)cc1)C1CCCCC1. The van der Waals surface area contributed by atoms with Crippen LogP contribution in [0, 0.1) is 5.82 Å². The lowest BCUT2D eigenvalue weighted by Crippen LogP contribution is -2.50. The van der Waals surface area contributed by atoms with Gasteiger partial charge in [-0.1, -0.05) is 58.1 Å². The maximum atomic E-state index is 13.7. The topological polar surface area (TPSA) is 57.6 Å². The minimum absolute atomic E-state index is 0.0122. The van der Waals surface area contributed by atoms with Crippen LogP contribution in [0.2, 0.25) is 0 Å². The summed E-state index contributed by atoms with van der Waals surface area (Å²) in [6.07, 6.45) is 11.3. The molecule has 1 aromatic heterocycles. The lowest BCUT2D eigenvalue weighted by molar-refractivity contribution is -0.135. The van der Waals surface area contributed by atoms with Crippen LogP contribution < -0.4 is 5.32 Å². The van der Waals surface area contributed by atoms with E-state index in [-0.39, 0.29) is 30.3 Å². The molecule has 1 aliphatic carbocycles. The van der Waals surface area contributed by atoms with Gasteiger partial charge in [-0.3, -0.25) is 4.79 Å². The molecular formula is C29H43FN4O2. The molecule has 1 heterocycles. The molecule has 3 amide bonds. The van der Waals surface area contributed by atoms with Gasteiger partial charge in [-0.15, -0.1) is 0 Å². The van der Waals surface area contributed by atoms with Crippen LogP contribution in [-0.4, -0.2) is 52.0 Å². The van der Waals surface area contributed by atoms with E-state index in [1.165, 1.54) is 18.6 Å². The van der Waals surface area contributed by atoms with Crippen LogP contribution in [0.4, 0.5) is 9.18 Å². The number of nitrogens with one attached hydrogen (secondary N) is 1. The Balaban J connectivity index is 1.75. The second kappa shape index (κ2) is 14.7. The summed E-state index contributed by atoms with van der Waals surface area (Å²) in [7, 11) is 0. The molecule has 0 bridgehead atoms. The van der Waals surface area contributed by atoms with Crippen molar-refractivity contribution in [3.8, 4) is 0 Å². The molecule has 198 valence electrons. The largest absolute Gasteiger partial charge is 0.345 e. The van der Waals surface area contributed by atoms with Crippen LogP contribution in [0.5, 0.6) is 0 Å². The Morgan fingerprint density at radius 1 is 1.03 bits per heavy atom. The zero-order valence-corrected chi connectivity index (χ0v) is 22.1. The van der Waals surface area contributed by atoms with E-state index in [0.29, 0.717) is 26.2 Å². The van der Waals surface area contributed by atoms with Crippen LogP contribution in [0.15, 0.2) is 42.6 Å². The van der Waals surface area contributed by atoms with E-state index in [1.54, 1.807) is 17.0 Å². The second-order valence-electron chi connectivity index (χ2n) is 9.93. The number of carbonyl (C=O) groups excluding carboxylic acids is 2. The Kier molecular flexibility index (Phi) is 11.3. The standard InChI is InChI=1S/C29H43FN4O2/c1-3-5-18-31-29(36)33(19-6-4-2)23-28(35)34(26-11-8-7-9-12-26)22-27-13-10-20-32(27)21-24-14-16-25(30)17-15-24/h10,13-17,20,26H,3-9,11-12,18-19,21-23H2,1-2H3,(H,31,36). The van der Waals surface area contributed by atoms with Gasteiger partial charge in [-0.25, -0.2) is 9.18 Å². The number of hydrogen-bond donors (Lipinski definition) is 1. The lowest BCUT2D eigenvalue weighted by Gasteiger charge is -2.36. The molecule has 1 aromatic carbocycles. The van der Waals surface area contributed by atoms with Gasteiger partial charge >= 0.3 is 6.03 Å². The summed E-state index contributed by atoms with van der Waals surface area (Å²) in [5.74, 6) is -0.231. The van der Waals surface area contributed by atoms with E-state index in [4.69, 9.17) is 0 Å². The van der Waals surface area contributed by atoms with Crippen LogP contribution >= 0.6 is 0 Å². The van der Waals surface area contributed by atoms with Crippen molar-refractivity contribution in [2.75, 3.05) is 19.6 Å². The van der Waals surface area contributed by atoms with E-state index >= 15 is 0 Å². The molecule has 3 rings (SSSR count). The van der Waals surface area contributed by atoms with Crippen molar-refractivity contribution >= 4 is 11.9 Å². The summed E-state index contributed by atoms with van der Waals surface area (Å²) in [6, 6.07) is 10.7. The lowest BCUT2D eigenvalue weighted by atomic mass is 9.94. The highest BCUT2D eigenvalue weighted by Crippen LogP contribution is 2.25. The van der Waals surface area contributed by atoms with E-state index in [2.05, 4.69) is 29.8 Å². The van der Waals surface area contributed by atoms with Gasteiger partial charge < -0.3 is 19.7 Å². The van der Waals surface area contributed by atoms with Gasteiger partial charge in [-0.05, 0) is 55.5 Å². The first kappa shape index (κ1) is 27.8. The Morgan fingerprint density at radius 3 is 2.44 bits per heavy atom. The first-order valence-corrected chi connectivity index (χ1v) is 13.7. The quantitative estimate of drug-likeness (QED) is 0.347. The number of nitrogens with zero attached hydrogens (tertiary/aromatic N) is 3. The number of aromatic nitrogens is 1. The first-order chi connectivity index (χ1) is 17.5. The molecule has 0 saturated heterocycles. The Bertz CT molecular complexity index is 937. The number of rotatable bonds is 13. The Labute approximate surface area is 215 Å². The van der Waals surface area contributed by atoms with Crippen molar-refractivity contribution < 1.29 is 14.0 Å². The maximum Gasteiger partial charge on any atom is 0.317 e. The fourth-order valence-corrected chi connectivity index (χ4v) is 4.86. The van der Waals surface area contributed by atoms with Crippen molar-refractivity contribution in [1.82, 2.24) is 19.7 Å². The minimum atomic E-state index is -0.244. The van der Waals surface area contributed by atoms with E-state index < -0.39 is 0 Å². The normalized spacial score (nSPS) is 14.0. The number of hydrogen-bond acceptors (Lipinski definition) is 2. The van der Waals surface area contributed by atoms with Crippen molar-refractivity contribution in [2.45, 2.75) is 90.8 Å². The molecule has 1 fully saturated rings. The molecule has 2 aromatic rings. The van der Waals surface area contributed by atoms with E-state index in [1.807, 2.05) is 17.2 Å². The van der Waals surface area contributed by atoms with Crippen molar-refractivity contribution in [1.29, 1.82) is 0 Å². The summed E-state index contributed by atoms with van der Waals surface area (Å²) >= 11 is 0. The number of unbranched alkanes of at least 4 members (excludes halogenated alkanes) is 2. The predicted octanol–water partition coefficient (Wildman–Crippen LogP) is 5.95. The molecule has 7 heteroatoms. The van der Waals surface area contributed by atoms with Gasteiger partial charge in [0.05, 0.1) is 6.54 Å². The van der Waals surface area contributed by atoms with Crippen LogP contribution in [0.25, 0.3) is 0 Å². The monoisotopic (exact) mass is 498 g/mol.